The van der Waals surface area contributed by atoms with E-state index >= 15 is 0 Å². The van der Waals surface area contributed by atoms with Crippen LogP contribution in [0.15, 0.2) is 41.1 Å². The van der Waals surface area contributed by atoms with Gasteiger partial charge in [0.15, 0.2) is 11.5 Å². The molecule has 1 saturated heterocycles. The maximum Gasteiger partial charge on any atom is 0.162 e. The molecule has 2 aliphatic rings. The number of hydrogen-bond acceptors (Lipinski definition) is 2. The van der Waals surface area contributed by atoms with Crippen molar-refractivity contribution in [3.8, 4) is 0 Å². The molecule has 0 saturated carbocycles. The summed E-state index contributed by atoms with van der Waals surface area (Å²) in [7, 11) is 0. The van der Waals surface area contributed by atoms with Gasteiger partial charge < -0.3 is 9.47 Å². The normalized spacial score (nSPS) is 20.6. The lowest BCUT2D eigenvalue weighted by atomic mass is 10.2. The predicted octanol–water partition coefficient (Wildman–Crippen LogP) is 1.92. The lowest BCUT2D eigenvalue weighted by molar-refractivity contribution is 0.0597. The molecule has 1 aliphatic heterocycles. The summed E-state index contributed by atoms with van der Waals surface area (Å²) in [5.41, 5.74) is 4.14. The maximum absolute atomic E-state index is 5.42. The van der Waals surface area contributed by atoms with Crippen molar-refractivity contribution >= 4 is 0 Å². The average Bonchev–Trinajstić information content (AvgIpc) is 2.25. The van der Waals surface area contributed by atoms with E-state index in [9.17, 15) is 0 Å². The van der Waals surface area contributed by atoms with E-state index in [2.05, 4.69) is 5.73 Å². The number of allylic oxidation sites excluding steroid dienone is 3. The molecule has 2 rings (SSSR count). The first kappa shape index (κ1) is 7.26. The molecule has 0 spiro atoms. The van der Waals surface area contributed by atoms with E-state index in [1.165, 1.54) is 0 Å². The zero-order valence-electron chi connectivity index (χ0n) is 6.96. The summed E-state index contributed by atoms with van der Waals surface area (Å²) in [6, 6.07) is 0. The smallest absolute Gasteiger partial charge is 0.162 e. The van der Waals surface area contributed by atoms with Crippen LogP contribution in [0.4, 0.5) is 0 Å². The highest BCUT2D eigenvalue weighted by Crippen LogP contribution is 2.21. The van der Waals surface area contributed by atoms with Gasteiger partial charge in [-0.25, -0.2) is 0 Å². The lowest BCUT2D eigenvalue weighted by Gasteiger charge is -2.19. The van der Waals surface area contributed by atoms with Gasteiger partial charge in [-0.1, -0.05) is 0 Å². The van der Waals surface area contributed by atoms with Crippen LogP contribution in [0.1, 0.15) is 6.92 Å². The van der Waals surface area contributed by atoms with Gasteiger partial charge in [-0.2, -0.15) is 0 Å². The van der Waals surface area contributed by atoms with Crippen molar-refractivity contribution in [2.75, 3.05) is 13.2 Å². The standard InChI is InChI=1S/C10H10O2/c1-8-3-2-4-9-10(7-8)12-6-5-11-9/h2,4,7H,5-6H2,1H3. The summed E-state index contributed by atoms with van der Waals surface area (Å²) < 4.78 is 10.8. The Labute approximate surface area is 71.5 Å². The number of hydrogen-bond donors (Lipinski definition) is 0. The van der Waals surface area contributed by atoms with Gasteiger partial charge >= 0.3 is 0 Å². The van der Waals surface area contributed by atoms with E-state index in [4.69, 9.17) is 9.47 Å². The molecule has 12 heavy (non-hydrogen) atoms. The van der Waals surface area contributed by atoms with Gasteiger partial charge in [0, 0.05) is 0 Å². The molecule has 0 aromatic carbocycles. The minimum absolute atomic E-state index is 0.635. The maximum atomic E-state index is 5.42. The van der Waals surface area contributed by atoms with Crippen LogP contribution in [-0.2, 0) is 9.47 Å². The molecule has 62 valence electrons. The zero-order chi connectivity index (χ0) is 8.39. The van der Waals surface area contributed by atoms with Gasteiger partial charge in [0.1, 0.15) is 13.2 Å². The quantitative estimate of drug-likeness (QED) is 0.506. The van der Waals surface area contributed by atoms with E-state index in [1.807, 2.05) is 25.2 Å². The second-order valence-electron chi connectivity index (χ2n) is 2.73. The van der Waals surface area contributed by atoms with E-state index in [0.717, 1.165) is 17.1 Å². The van der Waals surface area contributed by atoms with Crippen LogP contribution >= 0.6 is 0 Å². The van der Waals surface area contributed by atoms with Crippen LogP contribution in [0.5, 0.6) is 0 Å². The molecule has 0 aromatic heterocycles. The second-order valence-corrected chi connectivity index (χ2v) is 2.73. The van der Waals surface area contributed by atoms with Gasteiger partial charge in [-0.15, -0.1) is 5.73 Å². The van der Waals surface area contributed by atoms with E-state index in [0.29, 0.717) is 13.2 Å². The third-order valence-corrected chi connectivity index (χ3v) is 1.73. The van der Waals surface area contributed by atoms with Crippen LogP contribution in [0.25, 0.3) is 0 Å². The van der Waals surface area contributed by atoms with Gasteiger partial charge in [0.05, 0.1) is 0 Å². The molecule has 0 aromatic rings. The van der Waals surface area contributed by atoms with Crippen LogP contribution in [-0.4, -0.2) is 13.2 Å². The SMILES string of the molecule is CC1=C=CC=C2OCCOC2=C1. The Balaban J connectivity index is 2.36. The third-order valence-electron chi connectivity index (χ3n) is 1.73. The summed E-state index contributed by atoms with van der Waals surface area (Å²) in [5, 5.41) is 0. The summed E-state index contributed by atoms with van der Waals surface area (Å²) in [6.45, 7) is 3.25. The number of ether oxygens (including phenoxy) is 2. The number of rotatable bonds is 0. The molecule has 1 fully saturated rings. The van der Waals surface area contributed by atoms with Gasteiger partial charge in [0.2, 0.25) is 0 Å². The minimum Gasteiger partial charge on any atom is -0.486 e. The molecule has 0 atom stereocenters. The van der Waals surface area contributed by atoms with Crippen LogP contribution < -0.4 is 0 Å². The highest BCUT2D eigenvalue weighted by atomic mass is 16.6. The predicted molar refractivity (Wildman–Crippen MR) is 45.3 cm³/mol. The van der Waals surface area contributed by atoms with Crippen LogP contribution in [0.2, 0.25) is 0 Å². The third kappa shape index (κ3) is 1.29. The molecule has 0 N–H and O–H groups in total. The molecule has 0 bridgehead atoms. The Kier molecular flexibility index (Phi) is 1.77. The van der Waals surface area contributed by atoms with Gasteiger partial charge in [-0.05, 0) is 30.7 Å². The Bertz CT molecular complexity index is 315. The minimum atomic E-state index is 0.635. The average molecular weight is 162 g/mol. The molecule has 1 aliphatic carbocycles. The first-order valence-corrected chi connectivity index (χ1v) is 3.97. The van der Waals surface area contributed by atoms with E-state index in [-0.39, 0.29) is 0 Å². The molecule has 1 heterocycles. The van der Waals surface area contributed by atoms with Crippen molar-refractivity contribution in [3.05, 3.63) is 41.1 Å². The fourth-order valence-electron chi connectivity index (χ4n) is 1.18. The first-order valence-electron chi connectivity index (χ1n) is 3.97. The molecule has 2 nitrogen and oxygen atoms in total. The van der Waals surface area contributed by atoms with Crippen molar-refractivity contribution in [2.24, 2.45) is 0 Å². The Morgan fingerprint density at radius 3 is 2.83 bits per heavy atom. The summed E-state index contributed by atoms with van der Waals surface area (Å²) in [4.78, 5) is 0. The van der Waals surface area contributed by atoms with Crippen molar-refractivity contribution in [1.82, 2.24) is 0 Å². The fraction of sp³-hybridized carbons (Fsp3) is 0.300. The van der Waals surface area contributed by atoms with Gasteiger partial charge in [-0.3, -0.25) is 0 Å². The number of fused-ring (bicyclic) bond motifs is 1. The second kappa shape index (κ2) is 2.92. The molecule has 0 unspecified atom stereocenters. The van der Waals surface area contributed by atoms with Crippen LogP contribution in [0, 0.1) is 0 Å². The molecule has 0 amide bonds. The van der Waals surface area contributed by atoms with E-state index < -0.39 is 0 Å². The van der Waals surface area contributed by atoms with Crippen molar-refractivity contribution < 1.29 is 9.47 Å². The topological polar surface area (TPSA) is 18.5 Å². The molecule has 0 radical (unpaired) electrons. The van der Waals surface area contributed by atoms with Crippen LogP contribution in [0.3, 0.4) is 0 Å². The summed E-state index contributed by atoms with van der Waals surface area (Å²) >= 11 is 0. The summed E-state index contributed by atoms with van der Waals surface area (Å²) in [6.07, 6.45) is 5.67. The Morgan fingerprint density at radius 1 is 1.25 bits per heavy atom. The molecular formula is C10H10O2. The van der Waals surface area contributed by atoms with Crippen molar-refractivity contribution in [2.45, 2.75) is 6.92 Å². The molecule has 2 heteroatoms. The van der Waals surface area contributed by atoms with Gasteiger partial charge in [0.25, 0.3) is 0 Å². The molecular weight excluding hydrogens is 152 g/mol. The van der Waals surface area contributed by atoms with Crippen molar-refractivity contribution in [1.29, 1.82) is 0 Å². The largest absolute Gasteiger partial charge is 0.486 e. The van der Waals surface area contributed by atoms with E-state index in [1.54, 1.807) is 0 Å². The highest BCUT2D eigenvalue weighted by molar-refractivity contribution is 5.35. The summed E-state index contributed by atoms with van der Waals surface area (Å²) in [5.74, 6) is 1.63. The Hall–Kier alpha value is -1.40. The van der Waals surface area contributed by atoms with Crippen molar-refractivity contribution in [3.63, 3.8) is 0 Å². The highest BCUT2D eigenvalue weighted by Gasteiger charge is 2.13. The monoisotopic (exact) mass is 162 g/mol. The first-order chi connectivity index (χ1) is 5.86. The Morgan fingerprint density at radius 2 is 2.00 bits per heavy atom. The lowest BCUT2D eigenvalue weighted by Crippen LogP contribution is -2.13. The fourth-order valence-corrected chi connectivity index (χ4v) is 1.18. The zero-order valence-corrected chi connectivity index (χ0v) is 6.96.